The molecular formula is C12H14N4O2S. The molecule has 0 spiro atoms. The van der Waals surface area contributed by atoms with Crippen molar-refractivity contribution in [2.75, 3.05) is 0 Å². The fourth-order valence-corrected chi connectivity index (χ4v) is 2.25. The molecule has 19 heavy (non-hydrogen) atoms. The highest BCUT2D eigenvalue weighted by Gasteiger charge is 2.34. The van der Waals surface area contributed by atoms with E-state index in [1.807, 2.05) is 0 Å². The molecule has 1 atom stereocenters. The van der Waals surface area contributed by atoms with E-state index in [-0.39, 0.29) is 12.5 Å². The Labute approximate surface area is 114 Å². The van der Waals surface area contributed by atoms with Gasteiger partial charge in [-0.05, 0) is 24.4 Å². The Morgan fingerprint density at radius 3 is 2.89 bits per heavy atom. The van der Waals surface area contributed by atoms with Crippen LogP contribution >= 0.6 is 11.3 Å². The van der Waals surface area contributed by atoms with Crippen LogP contribution in [0.1, 0.15) is 17.3 Å². The molecule has 0 bridgehead atoms. The van der Waals surface area contributed by atoms with Crippen LogP contribution in [0.2, 0.25) is 0 Å². The first-order valence-corrected chi connectivity index (χ1v) is 6.57. The zero-order valence-electron chi connectivity index (χ0n) is 10.4. The molecule has 2 heterocycles. The topological polar surface area (TPSA) is 90.0 Å². The lowest BCUT2D eigenvalue weighted by atomic mass is 10.0. The standard InChI is InChI=1S/C12H14N4O2S/c1-12(11(13)18,8-16-5-2-4-14-16)15-10(17)9-3-6-19-7-9/h2-7H,8H2,1H3,(H2,13,18)(H,15,17). The molecule has 2 rings (SSSR count). The Morgan fingerprint density at radius 2 is 2.37 bits per heavy atom. The third kappa shape index (κ3) is 3.00. The van der Waals surface area contributed by atoms with Crippen LogP contribution in [0.4, 0.5) is 0 Å². The van der Waals surface area contributed by atoms with Crippen molar-refractivity contribution < 1.29 is 9.59 Å². The lowest BCUT2D eigenvalue weighted by Gasteiger charge is -2.27. The maximum absolute atomic E-state index is 12.0. The van der Waals surface area contributed by atoms with E-state index in [1.54, 1.807) is 46.9 Å². The Hall–Kier alpha value is -2.15. The smallest absolute Gasteiger partial charge is 0.253 e. The largest absolute Gasteiger partial charge is 0.368 e. The van der Waals surface area contributed by atoms with Gasteiger partial charge in [-0.3, -0.25) is 14.3 Å². The van der Waals surface area contributed by atoms with Gasteiger partial charge in [-0.15, -0.1) is 0 Å². The summed E-state index contributed by atoms with van der Waals surface area (Å²) in [5.41, 5.74) is 4.72. The number of rotatable bonds is 5. The van der Waals surface area contributed by atoms with Crippen molar-refractivity contribution in [3.8, 4) is 0 Å². The molecule has 2 amide bonds. The number of primary amides is 1. The minimum absolute atomic E-state index is 0.186. The van der Waals surface area contributed by atoms with Crippen LogP contribution in [0, 0.1) is 0 Å². The molecule has 0 fully saturated rings. The molecule has 7 heteroatoms. The Bertz CT molecular complexity index is 565. The lowest BCUT2D eigenvalue weighted by molar-refractivity contribution is -0.124. The van der Waals surface area contributed by atoms with Gasteiger partial charge in [-0.1, -0.05) is 0 Å². The summed E-state index contributed by atoms with van der Waals surface area (Å²) in [6.07, 6.45) is 3.31. The molecule has 100 valence electrons. The number of hydrogen-bond acceptors (Lipinski definition) is 4. The van der Waals surface area contributed by atoms with E-state index < -0.39 is 11.4 Å². The summed E-state index contributed by atoms with van der Waals surface area (Å²) >= 11 is 1.41. The molecule has 6 nitrogen and oxygen atoms in total. The van der Waals surface area contributed by atoms with Crippen LogP contribution in [0.25, 0.3) is 0 Å². The van der Waals surface area contributed by atoms with Crippen molar-refractivity contribution in [1.82, 2.24) is 15.1 Å². The van der Waals surface area contributed by atoms with Gasteiger partial charge in [0.1, 0.15) is 5.54 Å². The second-order valence-corrected chi connectivity index (χ2v) is 5.15. The van der Waals surface area contributed by atoms with Crippen molar-refractivity contribution in [3.63, 3.8) is 0 Å². The Kier molecular flexibility index (Phi) is 3.66. The highest BCUT2D eigenvalue weighted by molar-refractivity contribution is 7.08. The maximum atomic E-state index is 12.0. The molecule has 0 aromatic carbocycles. The normalized spacial score (nSPS) is 13.7. The quantitative estimate of drug-likeness (QED) is 0.840. The average Bonchev–Trinajstić information content (AvgIpc) is 3.00. The van der Waals surface area contributed by atoms with E-state index >= 15 is 0 Å². The lowest BCUT2D eigenvalue weighted by Crippen LogP contribution is -2.57. The number of nitrogens with one attached hydrogen (secondary N) is 1. The summed E-state index contributed by atoms with van der Waals surface area (Å²) in [7, 11) is 0. The maximum Gasteiger partial charge on any atom is 0.253 e. The summed E-state index contributed by atoms with van der Waals surface area (Å²) < 4.78 is 1.55. The van der Waals surface area contributed by atoms with Crippen molar-refractivity contribution in [2.24, 2.45) is 5.73 Å². The van der Waals surface area contributed by atoms with Crippen molar-refractivity contribution >= 4 is 23.2 Å². The van der Waals surface area contributed by atoms with Gasteiger partial charge in [0.25, 0.3) is 5.91 Å². The highest BCUT2D eigenvalue weighted by atomic mass is 32.1. The van der Waals surface area contributed by atoms with Gasteiger partial charge in [0.2, 0.25) is 5.91 Å². The molecule has 1 unspecified atom stereocenters. The van der Waals surface area contributed by atoms with Gasteiger partial charge in [0.15, 0.2) is 0 Å². The molecule has 0 saturated heterocycles. The number of thiophene rings is 1. The number of aromatic nitrogens is 2. The first-order valence-electron chi connectivity index (χ1n) is 5.63. The van der Waals surface area contributed by atoms with E-state index in [0.29, 0.717) is 5.56 Å². The van der Waals surface area contributed by atoms with Crippen LogP contribution in [-0.4, -0.2) is 27.1 Å². The number of carbonyl (C=O) groups is 2. The molecule has 0 aliphatic rings. The summed E-state index contributed by atoms with van der Waals surface area (Å²) in [4.78, 5) is 23.6. The summed E-state index contributed by atoms with van der Waals surface area (Å²) in [5, 5.41) is 10.2. The molecule has 2 aromatic heterocycles. The van der Waals surface area contributed by atoms with Gasteiger partial charge in [0.05, 0.1) is 12.1 Å². The van der Waals surface area contributed by atoms with Gasteiger partial charge in [-0.2, -0.15) is 16.4 Å². The molecular weight excluding hydrogens is 264 g/mol. The number of nitrogens with zero attached hydrogens (tertiary/aromatic N) is 2. The van der Waals surface area contributed by atoms with Crippen molar-refractivity contribution in [1.29, 1.82) is 0 Å². The highest BCUT2D eigenvalue weighted by Crippen LogP contribution is 2.11. The van der Waals surface area contributed by atoms with Gasteiger partial charge in [0, 0.05) is 17.8 Å². The second-order valence-electron chi connectivity index (χ2n) is 4.37. The van der Waals surface area contributed by atoms with Crippen LogP contribution in [-0.2, 0) is 11.3 Å². The number of carbonyl (C=O) groups excluding carboxylic acids is 2. The zero-order chi connectivity index (χ0) is 13.9. The Morgan fingerprint density at radius 1 is 1.58 bits per heavy atom. The van der Waals surface area contributed by atoms with Crippen LogP contribution in [0.3, 0.4) is 0 Å². The van der Waals surface area contributed by atoms with Gasteiger partial charge >= 0.3 is 0 Å². The summed E-state index contributed by atoms with van der Waals surface area (Å²) in [6.45, 7) is 1.77. The molecule has 0 radical (unpaired) electrons. The minimum atomic E-state index is -1.19. The van der Waals surface area contributed by atoms with Crippen molar-refractivity contribution in [3.05, 3.63) is 40.8 Å². The van der Waals surface area contributed by atoms with Crippen molar-refractivity contribution in [2.45, 2.75) is 19.0 Å². The zero-order valence-corrected chi connectivity index (χ0v) is 11.2. The van der Waals surface area contributed by atoms with E-state index in [2.05, 4.69) is 10.4 Å². The molecule has 2 aromatic rings. The first kappa shape index (κ1) is 13.3. The van der Waals surface area contributed by atoms with E-state index in [1.165, 1.54) is 11.3 Å². The van der Waals surface area contributed by atoms with Crippen LogP contribution in [0.5, 0.6) is 0 Å². The van der Waals surface area contributed by atoms with E-state index in [4.69, 9.17) is 5.73 Å². The monoisotopic (exact) mass is 278 g/mol. The SMILES string of the molecule is CC(Cn1cccn1)(NC(=O)c1ccsc1)C(N)=O. The second kappa shape index (κ2) is 5.23. The molecule has 3 N–H and O–H groups in total. The Balaban J connectivity index is 2.15. The molecule has 0 saturated carbocycles. The van der Waals surface area contributed by atoms with E-state index in [9.17, 15) is 9.59 Å². The minimum Gasteiger partial charge on any atom is -0.368 e. The summed E-state index contributed by atoms with van der Waals surface area (Å²) in [6, 6.07) is 3.43. The van der Waals surface area contributed by atoms with Crippen LogP contribution in [0.15, 0.2) is 35.3 Å². The predicted molar refractivity (Wildman–Crippen MR) is 71.6 cm³/mol. The van der Waals surface area contributed by atoms with Gasteiger partial charge < -0.3 is 11.1 Å². The van der Waals surface area contributed by atoms with E-state index in [0.717, 1.165) is 0 Å². The first-order chi connectivity index (χ1) is 9.01. The molecule has 0 aliphatic carbocycles. The number of nitrogens with two attached hydrogens (primary N) is 1. The fraction of sp³-hybridized carbons (Fsp3) is 0.250. The number of amides is 2. The van der Waals surface area contributed by atoms with Gasteiger partial charge in [-0.25, -0.2) is 0 Å². The third-order valence-electron chi connectivity index (χ3n) is 2.75. The van der Waals surface area contributed by atoms with Crippen LogP contribution < -0.4 is 11.1 Å². The third-order valence-corrected chi connectivity index (χ3v) is 3.44. The predicted octanol–water partition coefficient (Wildman–Crippen LogP) is 0.619. The molecule has 0 aliphatic heterocycles. The summed E-state index contributed by atoms with van der Waals surface area (Å²) in [5.74, 6) is -0.929. The number of hydrogen-bond donors (Lipinski definition) is 2. The fourth-order valence-electron chi connectivity index (χ4n) is 1.61. The average molecular weight is 278 g/mol.